The molecular formula is C21H25N5O3. The van der Waals surface area contributed by atoms with Crippen LogP contribution in [0, 0.1) is 0 Å². The van der Waals surface area contributed by atoms with E-state index in [4.69, 9.17) is 19.9 Å². The highest BCUT2D eigenvalue weighted by molar-refractivity contribution is 5.47. The molecule has 3 aromatic rings. The van der Waals surface area contributed by atoms with E-state index in [0.29, 0.717) is 24.1 Å². The number of hydrogen-bond acceptors (Lipinski definition) is 7. The first-order valence-electron chi connectivity index (χ1n) is 9.56. The van der Waals surface area contributed by atoms with Crippen LogP contribution in [0.4, 0.5) is 11.9 Å². The largest absolute Gasteiger partial charge is 0.494 e. The Morgan fingerprint density at radius 2 is 1.79 bits per heavy atom. The molecule has 0 spiro atoms. The molecule has 3 N–H and O–H groups in total. The van der Waals surface area contributed by atoms with Crippen molar-refractivity contribution in [2.24, 2.45) is 0 Å². The minimum Gasteiger partial charge on any atom is -0.494 e. The number of fused-ring (bicyclic) bond motifs is 1. The molecule has 2 aromatic carbocycles. The molecule has 8 nitrogen and oxygen atoms in total. The van der Waals surface area contributed by atoms with Crippen LogP contribution in [0.3, 0.4) is 0 Å². The van der Waals surface area contributed by atoms with Gasteiger partial charge in [-0.05, 0) is 48.7 Å². The highest BCUT2D eigenvalue weighted by Gasteiger charge is 2.31. The van der Waals surface area contributed by atoms with Crippen LogP contribution in [0.2, 0.25) is 0 Å². The van der Waals surface area contributed by atoms with E-state index >= 15 is 0 Å². The molecule has 0 saturated heterocycles. The van der Waals surface area contributed by atoms with Gasteiger partial charge in [-0.25, -0.2) is 4.68 Å². The molecular weight excluding hydrogens is 370 g/mol. The van der Waals surface area contributed by atoms with Crippen LogP contribution in [0.1, 0.15) is 36.6 Å². The van der Waals surface area contributed by atoms with Gasteiger partial charge in [0, 0.05) is 0 Å². The zero-order valence-corrected chi connectivity index (χ0v) is 16.8. The second-order valence-corrected chi connectivity index (χ2v) is 6.80. The zero-order chi connectivity index (χ0) is 20.4. The van der Waals surface area contributed by atoms with E-state index in [-0.39, 0.29) is 18.0 Å². The number of nitrogens with two attached hydrogens (primary N) is 1. The first-order valence-corrected chi connectivity index (χ1v) is 9.56. The predicted molar refractivity (Wildman–Crippen MR) is 111 cm³/mol. The maximum Gasteiger partial charge on any atom is 0.241 e. The van der Waals surface area contributed by atoms with Gasteiger partial charge in [0.05, 0.1) is 32.9 Å². The van der Waals surface area contributed by atoms with Gasteiger partial charge in [0.1, 0.15) is 5.75 Å². The Hall–Kier alpha value is -3.42. The number of anilines is 2. The standard InChI is InChI=1S/C21H25N5O3/c1-4-29-15-8-5-13(6-9-15)16-12-17(26-21(23-16)24-20(22)25-26)14-7-10-18(27-2)19(11-14)28-3/h5-11,16-17H,4,12H2,1-3H3,(H3,22,23,24,25)/t16-,17+/m0/s1. The van der Waals surface area contributed by atoms with E-state index in [1.54, 1.807) is 14.2 Å². The number of nitrogens with one attached hydrogen (secondary N) is 1. The van der Waals surface area contributed by atoms with Crippen molar-refractivity contribution < 1.29 is 14.2 Å². The SMILES string of the molecule is CCOc1ccc([C@@H]2C[C@H](c3ccc(OC)c(OC)c3)n3nc(N)nc3N2)cc1. The normalized spacial score (nSPS) is 17.9. The van der Waals surface area contributed by atoms with E-state index in [0.717, 1.165) is 23.3 Å². The second-order valence-electron chi connectivity index (χ2n) is 6.80. The van der Waals surface area contributed by atoms with Crippen molar-refractivity contribution >= 4 is 11.9 Å². The Balaban J connectivity index is 1.69. The predicted octanol–water partition coefficient (Wildman–Crippen LogP) is 3.42. The van der Waals surface area contributed by atoms with Crippen LogP contribution in [0.25, 0.3) is 0 Å². The third-order valence-electron chi connectivity index (χ3n) is 5.09. The number of hydrogen-bond donors (Lipinski definition) is 2. The zero-order valence-electron chi connectivity index (χ0n) is 16.8. The molecule has 2 heterocycles. The molecule has 0 bridgehead atoms. The van der Waals surface area contributed by atoms with Crippen LogP contribution in [0.15, 0.2) is 42.5 Å². The van der Waals surface area contributed by atoms with Crippen LogP contribution < -0.4 is 25.3 Å². The Morgan fingerprint density at radius 3 is 2.48 bits per heavy atom. The quantitative estimate of drug-likeness (QED) is 0.660. The van der Waals surface area contributed by atoms with Crippen LogP contribution in [0.5, 0.6) is 17.2 Å². The molecule has 0 fully saturated rings. The van der Waals surface area contributed by atoms with E-state index in [1.807, 2.05) is 41.9 Å². The van der Waals surface area contributed by atoms with Crippen molar-refractivity contribution in [3.05, 3.63) is 53.6 Å². The fourth-order valence-corrected chi connectivity index (χ4v) is 3.71. The number of ether oxygens (including phenoxy) is 3. The van der Waals surface area contributed by atoms with Crippen LogP contribution >= 0.6 is 0 Å². The van der Waals surface area contributed by atoms with E-state index in [1.165, 1.54) is 0 Å². The summed E-state index contributed by atoms with van der Waals surface area (Å²) in [6.45, 7) is 2.62. The van der Waals surface area contributed by atoms with Gasteiger partial charge < -0.3 is 25.3 Å². The van der Waals surface area contributed by atoms with Gasteiger partial charge in [-0.3, -0.25) is 0 Å². The minimum atomic E-state index is -0.0487. The van der Waals surface area contributed by atoms with Crippen molar-refractivity contribution in [2.45, 2.75) is 25.4 Å². The summed E-state index contributed by atoms with van der Waals surface area (Å²) in [6.07, 6.45) is 0.777. The summed E-state index contributed by atoms with van der Waals surface area (Å²) >= 11 is 0. The first-order chi connectivity index (χ1) is 14.1. The minimum absolute atomic E-state index is 0.0487. The summed E-state index contributed by atoms with van der Waals surface area (Å²) < 4.78 is 18.2. The third kappa shape index (κ3) is 3.65. The molecule has 1 aromatic heterocycles. The number of nitrogens with zero attached hydrogens (tertiary/aromatic N) is 3. The van der Waals surface area contributed by atoms with E-state index in [9.17, 15) is 0 Å². The summed E-state index contributed by atoms with van der Waals surface area (Å²) in [5, 5.41) is 7.85. The number of benzene rings is 2. The first kappa shape index (κ1) is 18.9. The maximum absolute atomic E-state index is 5.89. The molecule has 1 aliphatic heterocycles. The molecule has 0 aliphatic carbocycles. The number of rotatable bonds is 6. The average molecular weight is 395 g/mol. The van der Waals surface area contributed by atoms with E-state index in [2.05, 4.69) is 27.5 Å². The Labute approximate surface area is 169 Å². The smallest absolute Gasteiger partial charge is 0.241 e. The third-order valence-corrected chi connectivity index (χ3v) is 5.09. The Kier molecular flexibility index (Phi) is 5.16. The molecule has 0 unspecified atom stereocenters. The number of methoxy groups -OCH3 is 2. The lowest BCUT2D eigenvalue weighted by molar-refractivity contribution is 0.340. The monoisotopic (exact) mass is 395 g/mol. The highest BCUT2D eigenvalue weighted by atomic mass is 16.5. The molecule has 4 rings (SSSR count). The highest BCUT2D eigenvalue weighted by Crippen LogP contribution is 2.40. The van der Waals surface area contributed by atoms with Crippen LogP contribution in [-0.4, -0.2) is 35.6 Å². The van der Waals surface area contributed by atoms with Crippen molar-refractivity contribution in [1.29, 1.82) is 0 Å². The molecule has 0 radical (unpaired) electrons. The van der Waals surface area contributed by atoms with Gasteiger partial charge in [0.25, 0.3) is 0 Å². The van der Waals surface area contributed by atoms with Crippen molar-refractivity contribution in [2.75, 3.05) is 31.9 Å². The molecule has 2 atom stereocenters. The molecule has 29 heavy (non-hydrogen) atoms. The van der Waals surface area contributed by atoms with Crippen molar-refractivity contribution in [3.63, 3.8) is 0 Å². The average Bonchev–Trinajstić information content (AvgIpc) is 3.13. The molecule has 1 aliphatic rings. The van der Waals surface area contributed by atoms with Crippen molar-refractivity contribution in [1.82, 2.24) is 14.8 Å². The van der Waals surface area contributed by atoms with E-state index < -0.39 is 0 Å². The second kappa shape index (κ2) is 7.90. The number of nitrogen functional groups attached to an aromatic ring is 1. The summed E-state index contributed by atoms with van der Waals surface area (Å²) in [6, 6.07) is 14.0. The van der Waals surface area contributed by atoms with Gasteiger partial charge in [0.2, 0.25) is 11.9 Å². The van der Waals surface area contributed by atoms with Gasteiger partial charge in [0.15, 0.2) is 11.5 Å². The maximum atomic E-state index is 5.89. The van der Waals surface area contributed by atoms with Gasteiger partial charge in [-0.1, -0.05) is 18.2 Å². The Bertz CT molecular complexity index is 986. The Morgan fingerprint density at radius 1 is 1.07 bits per heavy atom. The molecule has 8 heteroatoms. The summed E-state index contributed by atoms with van der Waals surface area (Å²) in [5.41, 5.74) is 8.09. The lowest BCUT2D eigenvalue weighted by atomic mass is 9.93. The summed E-state index contributed by atoms with van der Waals surface area (Å²) in [7, 11) is 3.26. The van der Waals surface area contributed by atoms with Gasteiger partial charge >= 0.3 is 0 Å². The lowest BCUT2D eigenvalue weighted by Gasteiger charge is -2.32. The topological polar surface area (TPSA) is 96.5 Å². The lowest BCUT2D eigenvalue weighted by Crippen LogP contribution is -2.28. The molecule has 0 saturated carbocycles. The summed E-state index contributed by atoms with van der Waals surface area (Å²) in [5.74, 6) is 3.11. The summed E-state index contributed by atoms with van der Waals surface area (Å²) in [4.78, 5) is 4.36. The van der Waals surface area contributed by atoms with Crippen LogP contribution in [-0.2, 0) is 0 Å². The molecule has 0 amide bonds. The van der Waals surface area contributed by atoms with Crippen molar-refractivity contribution in [3.8, 4) is 17.2 Å². The van der Waals surface area contributed by atoms with Gasteiger partial charge in [-0.15, -0.1) is 5.10 Å². The molecule has 152 valence electrons. The fraction of sp³-hybridized carbons (Fsp3) is 0.333. The van der Waals surface area contributed by atoms with Gasteiger partial charge in [-0.2, -0.15) is 4.98 Å². The number of aromatic nitrogens is 3. The fourth-order valence-electron chi connectivity index (χ4n) is 3.71.